The maximum absolute atomic E-state index is 14.2. The third kappa shape index (κ3) is 3.59. The van der Waals surface area contributed by atoms with Crippen molar-refractivity contribution < 1.29 is 18.3 Å². The molecule has 3 nitrogen and oxygen atoms in total. The number of halogens is 3. The minimum atomic E-state index is -2.44. The molecule has 26 heavy (non-hydrogen) atoms. The number of aromatic nitrogens is 1. The fraction of sp³-hybridized carbons (Fsp3) is 0.211. The first-order chi connectivity index (χ1) is 12.4. The van der Waals surface area contributed by atoms with Crippen LogP contribution in [-0.4, -0.2) is 21.1 Å². The summed E-state index contributed by atoms with van der Waals surface area (Å²) < 4.78 is 41.2. The van der Waals surface area contributed by atoms with Crippen molar-refractivity contribution in [3.05, 3.63) is 59.5 Å². The number of nitrogens with zero attached hydrogens (tertiary/aromatic N) is 1. The van der Waals surface area contributed by atoms with Crippen LogP contribution in [0.1, 0.15) is 17.5 Å². The molecule has 0 spiro atoms. The van der Waals surface area contributed by atoms with Gasteiger partial charge in [0.05, 0.1) is 6.61 Å². The SMILES string of the molecule is NC(=S)c1cccc(-c2cn(CCC(F)F)c3cc(CO)c(F)cc23)c1. The van der Waals surface area contributed by atoms with Crippen molar-refractivity contribution in [1.82, 2.24) is 4.57 Å². The van der Waals surface area contributed by atoms with E-state index < -0.39 is 18.8 Å². The Kier molecular flexibility index (Phi) is 5.29. The molecule has 3 aromatic rings. The highest BCUT2D eigenvalue weighted by Gasteiger charge is 2.15. The standard InChI is InChI=1S/C19H17F3N2OS/c20-16-8-14-15(11-2-1-3-12(6-11)19(23)26)9-24(5-4-18(21)22)17(14)7-13(16)10-25/h1-3,6-9,18,25H,4-5,10H2,(H2,23,26). The molecule has 136 valence electrons. The van der Waals surface area contributed by atoms with Crippen molar-refractivity contribution in [3.8, 4) is 11.1 Å². The topological polar surface area (TPSA) is 51.2 Å². The molecule has 0 saturated heterocycles. The summed E-state index contributed by atoms with van der Waals surface area (Å²) in [4.78, 5) is 0.238. The van der Waals surface area contributed by atoms with Crippen molar-refractivity contribution >= 4 is 28.1 Å². The Morgan fingerprint density at radius 3 is 2.65 bits per heavy atom. The second-order valence-corrected chi connectivity index (χ2v) is 6.42. The van der Waals surface area contributed by atoms with E-state index in [-0.39, 0.29) is 23.5 Å². The number of aryl methyl sites for hydroxylation is 1. The molecule has 0 saturated carbocycles. The summed E-state index contributed by atoms with van der Waals surface area (Å²) in [5, 5.41) is 9.89. The number of fused-ring (bicyclic) bond motifs is 1. The van der Waals surface area contributed by atoms with Crippen LogP contribution in [0.5, 0.6) is 0 Å². The normalized spacial score (nSPS) is 11.4. The van der Waals surface area contributed by atoms with E-state index in [0.717, 1.165) is 5.56 Å². The molecule has 0 aliphatic heterocycles. The Morgan fingerprint density at radius 1 is 1.23 bits per heavy atom. The van der Waals surface area contributed by atoms with Crippen LogP contribution >= 0.6 is 12.2 Å². The molecular formula is C19H17F3N2OS. The van der Waals surface area contributed by atoms with Gasteiger partial charge in [-0.15, -0.1) is 0 Å². The predicted octanol–water partition coefficient (Wildman–Crippen LogP) is 4.23. The fourth-order valence-electron chi connectivity index (χ4n) is 2.97. The average molecular weight is 378 g/mol. The minimum Gasteiger partial charge on any atom is -0.392 e. The number of hydrogen-bond acceptors (Lipinski definition) is 2. The van der Waals surface area contributed by atoms with Gasteiger partial charge in [-0.05, 0) is 23.8 Å². The van der Waals surface area contributed by atoms with Crippen molar-refractivity contribution in [2.75, 3.05) is 0 Å². The van der Waals surface area contributed by atoms with Crippen LogP contribution in [0, 0.1) is 5.82 Å². The highest BCUT2D eigenvalue weighted by molar-refractivity contribution is 7.80. The van der Waals surface area contributed by atoms with Crippen LogP contribution in [0.3, 0.4) is 0 Å². The van der Waals surface area contributed by atoms with Crippen molar-refractivity contribution in [2.24, 2.45) is 5.73 Å². The molecule has 0 radical (unpaired) electrons. The molecule has 2 aromatic carbocycles. The average Bonchev–Trinajstić information content (AvgIpc) is 2.96. The summed E-state index contributed by atoms with van der Waals surface area (Å²) in [7, 11) is 0. The van der Waals surface area contributed by atoms with E-state index in [2.05, 4.69) is 0 Å². The van der Waals surface area contributed by atoms with Gasteiger partial charge in [0.1, 0.15) is 10.8 Å². The number of benzene rings is 2. The molecule has 3 rings (SSSR count). The molecule has 0 aliphatic carbocycles. The second kappa shape index (κ2) is 7.47. The Labute approximate surface area is 153 Å². The zero-order valence-electron chi connectivity index (χ0n) is 13.8. The fourth-order valence-corrected chi connectivity index (χ4v) is 3.09. The summed E-state index contributed by atoms with van der Waals surface area (Å²) in [5.74, 6) is -0.543. The third-order valence-electron chi connectivity index (χ3n) is 4.27. The monoisotopic (exact) mass is 378 g/mol. The first-order valence-corrected chi connectivity index (χ1v) is 8.42. The number of nitrogens with two attached hydrogens (primary N) is 1. The lowest BCUT2D eigenvalue weighted by Crippen LogP contribution is -2.08. The van der Waals surface area contributed by atoms with Gasteiger partial charge in [-0.1, -0.05) is 30.4 Å². The number of alkyl halides is 2. The van der Waals surface area contributed by atoms with Gasteiger partial charge in [0.15, 0.2) is 0 Å². The summed E-state index contributed by atoms with van der Waals surface area (Å²) >= 11 is 5.00. The van der Waals surface area contributed by atoms with Crippen LogP contribution in [0.4, 0.5) is 13.2 Å². The summed E-state index contributed by atoms with van der Waals surface area (Å²) in [6, 6.07) is 9.98. The number of thiocarbonyl (C=S) groups is 1. The molecule has 0 unspecified atom stereocenters. The van der Waals surface area contributed by atoms with E-state index in [4.69, 9.17) is 18.0 Å². The van der Waals surface area contributed by atoms with Crippen LogP contribution in [0.2, 0.25) is 0 Å². The smallest absolute Gasteiger partial charge is 0.240 e. The molecule has 0 fully saturated rings. The van der Waals surface area contributed by atoms with Crippen molar-refractivity contribution in [1.29, 1.82) is 0 Å². The Morgan fingerprint density at radius 2 is 2.00 bits per heavy atom. The molecule has 0 bridgehead atoms. The zero-order valence-corrected chi connectivity index (χ0v) is 14.6. The summed E-state index contributed by atoms with van der Waals surface area (Å²) in [6.45, 7) is -0.381. The minimum absolute atomic E-state index is 0.0830. The molecule has 0 atom stereocenters. The maximum atomic E-state index is 14.2. The second-order valence-electron chi connectivity index (χ2n) is 5.98. The number of aliphatic hydroxyl groups excluding tert-OH is 1. The molecular weight excluding hydrogens is 361 g/mol. The molecule has 1 aromatic heterocycles. The summed E-state index contributed by atoms with van der Waals surface area (Å²) in [5.41, 5.74) is 8.50. The highest BCUT2D eigenvalue weighted by Crippen LogP contribution is 2.33. The first-order valence-electron chi connectivity index (χ1n) is 8.01. The van der Waals surface area contributed by atoms with Gasteiger partial charge < -0.3 is 15.4 Å². The zero-order chi connectivity index (χ0) is 18.8. The Balaban J connectivity index is 2.20. The number of rotatable bonds is 6. The third-order valence-corrected chi connectivity index (χ3v) is 4.50. The van der Waals surface area contributed by atoms with Crippen molar-refractivity contribution in [2.45, 2.75) is 26.0 Å². The van der Waals surface area contributed by atoms with Gasteiger partial charge in [0.2, 0.25) is 6.43 Å². The summed E-state index contributed by atoms with van der Waals surface area (Å²) in [6.07, 6.45) is -1.04. The van der Waals surface area contributed by atoms with Gasteiger partial charge >= 0.3 is 0 Å². The van der Waals surface area contributed by atoms with E-state index in [1.807, 2.05) is 6.07 Å². The van der Waals surface area contributed by atoms with Crippen LogP contribution in [0.25, 0.3) is 22.0 Å². The van der Waals surface area contributed by atoms with Gasteiger partial charge in [-0.2, -0.15) is 0 Å². The van der Waals surface area contributed by atoms with E-state index in [0.29, 0.717) is 22.0 Å². The Hall–Kier alpha value is -2.38. The van der Waals surface area contributed by atoms with Gasteiger partial charge in [-0.25, -0.2) is 13.2 Å². The van der Waals surface area contributed by atoms with Crippen molar-refractivity contribution in [3.63, 3.8) is 0 Å². The molecule has 1 heterocycles. The lowest BCUT2D eigenvalue weighted by molar-refractivity contribution is 0.132. The first kappa shape index (κ1) is 18.4. The number of hydrogen-bond donors (Lipinski definition) is 2. The lowest BCUT2D eigenvalue weighted by Gasteiger charge is -2.06. The van der Waals surface area contributed by atoms with Gasteiger partial charge in [0, 0.05) is 46.8 Å². The Bertz CT molecular complexity index is 969. The largest absolute Gasteiger partial charge is 0.392 e. The molecule has 7 heteroatoms. The van der Waals surface area contributed by atoms with E-state index >= 15 is 0 Å². The predicted molar refractivity (Wildman–Crippen MR) is 99.8 cm³/mol. The van der Waals surface area contributed by atoms with Gasteiger partial charge in [-0.3, -0.25) is 0 Å². The van der Waals surface area contributed by atoms with E-state index in [1.54, 1.807) is 29.0 Å². The molecule has 3 N–H and O–H groups in total. The van der Waals surface area contributed by atoms with Gasteiger partial charge in [0.25, 0.3) is 0 Å². The van der Waals surface area contributed by atoms with E-state index in [9.17, 15) is 18.3 Å². The van der Waals surface area contributed by atoms with Crippen LogP contribution in [-0.2, 0) is 13.2 Å². The highest BCUT2D eigenvalue weighted by atomic mass is 32.1. The molecule has 0 aliphatic rings. The van der Waals surface area contributed by atoms with E-state index in [1.165, 1.54) is 12.1 Å². The maximum Gasteiger partial charge on any atom is 0.240 e. The lowest BCUT2D eigenvalue weighted by atomic mass is 10.0. The van der Waals surface area contributed by atoms with Crippen LogP contribution in [0.15, 0.2) is 42.6 Å². The quantitative estimate of drug-likeness (QED) is 0.631. The number of aliphatic hydroxyl groups is 1. The van der Waals surface area contributed by atoms with Crippen LogP contribution < -0.4 is 5.73 Å². The molecule has 0 amide bonds.